The Labute approximate surface area is 178 Å². The molecular formula is C20H24N4O5S. The molecule has 1 aromatic heterocycles. The molecular weight excluding hydrogens is 408 g/mol. The number of amides is 3. The molecule has 1 saturated heterocycles. The van der Waals surface area contributed by atoms with E-state index in [1.165, 1.54) is 11.3 Å². The first kappa shape index (κ1) is 20.5. The SMILES string of the molecule is CN(C)CCCN(C(=O)CN1C(=O)CCC1=O)c1nc2cc3c(cc2s1)OCCO3. The van der Waals surface area contributed by atoms with Gasteiger partial charge in [-0.3, -0.25) is 24.2 Å². The Balaban J connectivity index is 1.60. The number of fused-ring (bicyclic) bond motifs is 2. The van der Waals surface area contributed by atoms with Crippen LogP contribution in [-0.4, -0.2) is 79.4 Å². The molecule has 0 N–H and O–H groups in total. The second-order valence-electron chi connectivity index (χ2n) is 7.54. The average molecular weight is 433 g/mol. The lowest BCUT2D eigenvalue weighted by molar-refractivity contribution is -0.141. The normalized spacial score (nSPS) is 16.0. The molecule has 1 aromatic carbocycles. The van der Waals surface area contributed by atoms with Crippen molar-refractivity contribution in [2.24, 2.45) is 0 Å². The van der Waals surface area contributed by atoms with Gasteiger partial charge < -0.3 is 14.4 Å². The quantitative estimate of drug-likeness (QED) is 0.612. The molecule has 0 spiro atoms. The molecule has 3 heterocycles. The molecule has 10 heteroatoms. The van der Waals surface area contributed by atoms with Crippen LogP contribution in [0, 0.1) is 0 Å². The number of thiazole rings is 1. The lowest BCUT2D eigenvalue weighted by Crippen LogP contribution is -2.43. The van der Waals surface area contributed by atoms with Crippen molar-refractivity contribution in [1.82, 2.24) is 14.8 Å². The first-order valence-corrected chi connectivity index (χ1v) is 10.7. The maximum Gasteiger partial charge on any atom is 0.248 e. The topological polar surface area (TPSA) is 92.3 Å². The maximum absolute atomic E-state index is 13.1. The predicted molar refractivity (Wildman–Crippen MR) is 112 cm³/mol. The fraction of sp³-hybridized carbons (Fsp3) is 0.500. The van der Waals surface area contributed by atoms with Gasteiger partial charge in [0, 0.05) is 31.5 Å². The van der Waals surface area contributed by atoms with E-state index >= 15 is 0 Å². The number of rotatable bonds is 7. The summed E-state index contributed by atoms with van der Waals surface area (Å²) in [5, 5.41) is 0.537. The predicted octanol–water partition coefficient (Wildman–Crippen LogP) is 1.50. The van der Waals surface area contributed by atoms with Crippen LogP contribution in [0.1, 0.15) is 19.3 Å². The molecule has 2 aromatic rings. The number of hydrogen-bond donors (Lipinski definition) is 0. The minimum absolute atomic E-state index is 0.166. The van der Waals surface area contributed by atoms with Gasteiger partial charge in [0.1, 0.15) is 19.8 Å². The standard InChI is InChI=1S/C20H24N4O5S/c1-22(2)6-3-7-23(19(27)12-24-17(25)4-5-18(24)26)20-21-13-10-14-15(11-16(13)30-20)29-9-8-28-14/h10-11H,3-9,12H2,1-2H3. The summed E-state index contributed by atoms with van der Waals surface area (Å²) in [7, 11) is 3.94. The molecule has 1 fully saturated rings. The highest BCUT2D eigenvalue weighted by molar-refractivity contribution is 7.22. The molecule has 0 atom stereocenters. The highest BCUT2D eigenvalue weighted by Crippen LogP contribution is 2.38. The second-order valence-corrected chi connectivity index (χ2v) is 8.54. The smallest absolute Gasteiger partial charge is 0.248 e. The third-order valence-electron chi connectivity index (χ3n) is 5.01. The Hall–Kier alpha value is -2.72. The van der Waals surface area contributed by atoms with Gasteiger partial charge in [-0.1, -0.05) is 11.3 Å². The Morgan fingerprint density at radius 1 is 1.10 bits per heavy atom. The monoisotopic (exact) mass is 432 g/mol. The minimum atomic E-state index is -0.311. The van der Waals surface area contributed by atoms with Gasteiger partial charge in [0.2, 0.25) is 17.7 Å². The Morgan fingerprint density at radius 2 is 1.77 bits per heavy atom. The summed E-state index contributed by atoms with van der Waals surface area (Å²) in [6.07, 6.45) is 1.07. The van der Waals surface area contributed by atoms with E-state index in [0.717, 1.165) is 28.1 Å². The molecule has 2 aliphatic heterocycles. The summed E-state index contributed by atoms with van der Waals surface area (Å²) in [5.41, 5.74) is 0.720. The van der Waals surface area contributed by atoms with E-state index in [1.807, 2.05) is 31.1 Å². The third kappa shape index (κ3) is 4.24. The number of likely N-dealkylation sites (tertiary alicyclic amines) is 1. The minimum Gasteiger partial charge on any atom is -0.486 e. The van der Waals surface area contributed by atoms with E-state index in [9.17, 15) is 14.4 Å². The average Bonchev–Trinajstić information content (AvgIpc) is 3.26. The van der Waals surface area contributed by atoms with Gasteiger partial charge in [-0.15, -0.1) is 0 Å². The number of aromatic nitrogens is 1. The van der Waals surface area contributed by atoms with Crippen LogP contribution < -0.4 is 14.4 Å². The van der Waals surface area contributed by atoms with Crippen LogP contribution in [0.3, 0.4) is 0 Å². The largest absolute Gasteiger partial charge is 0.486 e. The highest BCUT2D eigenvalue weighted by atomic mass is 32.1. The zero-order valence-electron chi connectivity index (χ0n) is 17.0. The van der Waals surface area contributed by atoms with E-state index in [0.29, 0.717) is 36.4 Å². The van der Waals surface area contributed by atoms with E-state index in [2.05, 4.69) is 4.98 Å². The maximum atomic E-state index is 13.1. The van der Waals surface area contributed by atoms with Crippen LogP contribution in [0.15, 0.2) is 12.1 Å². The number of benzene rings is 1. The number of imide groups is 1. The van der Waals surface area contributed by atoms with Crippen LogP contribution >= 0.6 is 11.3 Å². The highest BCUT2D eigenvalue weighted by Gasteiger charge is 2.32. The van der Waals surface area contributed by atoms with Crippen LogP contribution in [0.5, 0.6) is 11.5 Å². The third-order valence-corrected chi connectivity index (χ3v) is 6.05. The van der Waals surface area contributed by atoms with Crippen molar-refractivity contribution in [3.63, 3.8) is 0 Å². The van der Waals surface area contributed by atoms with Gasteiger partial charge >= 0.3 is 0 Å². The van der Waals surface area contributed by atoms with Crippen LogP contribution in [-0.2, 0) is 14.4 Å². The van der Waals surface area contributed by atoms with Crippen molar-refractivity contribution in [3.05, 3.63) is 12.1 Å². The van der Waals surface area contributed by atoms with E-state index in [-0.39, 0.29) is 37.1 Å². The molecule has 0 aliphatic carbocycles. The molecule has 4 rings (SSSR count). The number of carbonyl (C=O) groups is 3. The van der Waals surface area contributed by atoms with Gasteiger partial charge in [0.15, 0.2) is 16.6 Å². The summed E-state index contributed by atoms with van der Waals surface area (Å²) in [6, 6.07) is 3.70. The Morgan fingerprint density at radius 3 is 2.43 bits per heavy atom. The molecule has 3 amide bonds. The zero-order valence-corrected chi connectivity index (χ0v) is 17.9. The Kier molecular flexibility index (Phi) is 5.87. The molecule has 160 valence electrons. The summed E-state index contributed by atoms with van der Waals surface area (Å²) in [4.78, 5) is 46.3. The molecule has 0 bridgehead atoms. The molecule has 0 unspecified atom stereocenters. The fourth-order valence-electron chi connectivity index (χ4n) is 3.46. The number of carbonyl (C=O) groups excluding carboxylic acids is 3. The Bertz CT molecular complexity index is 930. The van der Waals surface area contributed by atoms with Crippen molar-refractivity contribution in [3.8, 4) is 11.5 Å². The van der Waals surface area contributed by atoms with Crippen LogP contribution in [0.4, 0.5) is 5.13 Å². The van der Waals surface area contributed by atoms with Crippen molar-refractivity contribution in [2.45, 2.75) is 19.3 Å². The van der Waals surface area contributed by atoms with E-state index < -0.39 is 0 Å². The van der Waals surface area contributed by atoms with Crippen molar-refractivity contribution in [1.29, 1.82) is 0 Å². The van der Waals surface area contributed by atoms with Crippen LogP contribution in [0.2, 0.25) is 0 Å². The van der Waals surface area contributed by atoms with Gasteiger partial charge in [0.25, 0.3) is 0 Å². The van der Waals surface area contributed by atoms with Gasteiger partial charge in [-0.05, 0) is 27.1 Å². The molecule has 9 nitrogen and oxygen atoms in total. The molecule has 0 radical (unpaired) electrons. The van der Waals surface area contributed by atoms with E-state index in [4.69, 9.17) is 9.47 Å². The number of ether oxygens (including phenoxy) is 2. The summed E-state index contributed by atoms with van der Waals surface area (Å²) in [5.74, 6) is 0.404. The summed E-state index contributed by atoms with van der Waals surface area (Å²) < 4.78 is 12.1. The first-order valence-electron chi connectivity index (χ1n) is 9.91. The van der Waals surface area contributed by atoms with Gasteiger partial charge in [-0.25, -0.2) is 4.98 Å². The molecule has 0 saturated carbocycles. The van der Waals surface area contributed by atoms with Crippen molar-refractivity contribution in [2.75, 3.05) is 51.8 Å². The fourth-order valence-corrected chi connectivity index (χ4v) is 4.48. The number of nitrogens with zero attached hydrogens (tertiary/aromatic N) is 4. The van der Waals surface area contributed by atoms with Crippen molar-refractivity contribution < 1.29 is 23.9 Å². The first-order chi connectivity index (χ1) is 14.4. The van der Waals surface area contributed by atoms with E-state index in [1.54, 1.807) is 4.90 Å². The zero-order chi connectivity index (χ0) is 21.3. The van der Waals surface area contributed by atoms with Gasteiger partial charge in [-0.2, -0.15) is 0 Å². The van der Waals surface area contributed by atoms with Crippen LogP contribution in [0.25, 0.3) is 10.2 Å². The lowest BCUT2D eigenvalue weighted by Gasteiger charge is -2.23. The molecule has 2 aliphatic rings. The summed E-state index contributed by atoms with van der Waals surface area (Å²) >= 11 is 1.38. The lowest BCUT2D eigenvalue weighted by atomic mass is 10.3. The summed E-state index contributed by atoms with van der Waals surface area (Å²) in [6.45, 7) is 1.98. The second kappa shape index (κ2) is 8.57. The van der Waals surface area contributed by atoms with Crippen molar-refractivity contribution >= 4 is 44.4 Å². The van der Waals surface area contributed by atoms with Gasteiger partial charge in [0.05, 0.1) is 10.2 Å². The number of anilines is 1. The number of hydrogen-bond acceptors (Lipinski definition) is 8. The molecule has 30 heavy (non-hydrogen) atoms.